The van der Waals surface area contributed by atoms with Crippen molar-refractivity contribution in [2.24, 2.45) is 16.6 Å². The van der Waals surface area contributed by atoms with Crippen molar-refractivity contribution < 1.29 is 19.4 Å². The van der Waals surface area contributed by atoms with E-state index in [1.54, 1.807) is 6.20 Å². The number of benzene rings is 1. The fraction of sp³-hybridized carbons (Fsp3) is 0.567. The molecule has 2 heterocycles. The molecule has 0 radical (unpaired) electrons. The first-order valence-electron chi connectivity index (χ1n) is 14.1. The molecule has 0 bridgehead atoms. The molecule has 1 amide bonds. The summed E-state index contributed by atoms with van der Waals surface area (Å²) in [5.41, 5.74) is 7.92. The number of nitrogens with one attached hydrogen (secondary N) is 1. The minimum atomic E-state index is -0.436. The maximum Gasteiger partial charge on any atom is 0.220 e. The van der Waals surface area contributed by atoms with Gasteiger partial charge in [-0.05, 0) is 58.1 Å². The van der Waals surface area contributed by atoms with E-state index >= 15 is 0 Å². The van der Waals surface area contributed by atoms with Crippen molar-refractivity contribution in [3.05, 3.63) is 48.2 Å². The van der Waals surface area contributed by atoms with E-state index in [0.29, 0.717) is 37.1 Å². The van der Waals surface area contributed by atoms with Gasteiger partial charge in [-0.25, -0.2) is 9.98 Å². The molecule has 1 aliphatic carbocycles. The van der Waals surface area contributed by atoms with Crippen LogP contribution >= 0.6 is 0 Å². The summed E-state index contributed by atoms with van der Waals surface area (Å²) >= 11 is 0. The Balaban J connectivity index is 1.45. The number of aliphatic hydroxyl groups is 1. The summed E-state index contributed by atoms with van der Waals surface area (Å²) in [7, 11) is 0. The van der Waals surface area contributed by atoms with Crippen molar-refractivity contribution in [1.29, 1.82) is 0 Å². The molecular formula is C30H43N5O4. The molecule has 1 fully saturated rings. The van der Waals surface area contributed by atoms with Crippen LogP contribution in [0.5, 0.6) is 11.6 Å². The van der Waals surface area contributed by atoms with Gasteiger partial charge in [0, 0.05) is 30.6 Å². The molecule has 4 rings (SSSR count). The zero-order chi connectivity index (χ0) is 27.8. The predicted octanol–water partition coefficient (Wildman–Crippen LogP) is 4.66. The van der Waals surface area contributed by atoms with Crippen molar-refractivity contribution in [3.8, 4) is 11.6 Å². The Labute approximate surface area is 231 Å². The number of aliphatic imine (C=N–C) groups is 1. The van der Waals surface area contributed by atoms with E-state index in [9.17, 15) is 9.90 Å². The molecule has 2 aliphatic rings. The van der Waals surface area contributed by atoms with Gasteiger partial charge in [-0.15, -0.1) is 0 Å². The number of hydrogen-bond donors (Lipinski definition) is 3. The highest BCUT2D eigenvalue weighted by molar-refractivity contribution is 5.84. The average Bonchev–Trinajstić information content (AvgIpc) is 2.92. The maximum absolute atomic E-state index is 12.9. The Hall–Kier alpha value is -3.17. The average molecular weight is 538 g/mol. The number of rotatable bonds is 11. The van der Waals surface area contributed by atoms with Crippen LogP contribution in [0.15, 0.2) is 47.6 Å². The molecule has 1 aromatic carbocycles. The summed E-state index contributed by atoms with van der Waals surface area (Å²) in [4.78, 5) is 24.2. The maximum atomic E-state index is 12.9. The molecule has 1 aromatic heterocycles. The lowest BCUT2D eigenvalue weighted by atomic mass is 9.81. The zero-order valence-corrected chi connectivity index (χ0v) is 23.4. The molecule has 2 atom stereocenters. The van der Waals surface area contributed by atoms with Crippen LogP contribution in [0.2, 0.25) is 0 Å². The molecule has 0 saturated heterocycles. The lowest BCUT2D eigenvalue weighted by Crippen LogP contribution is -2.50. The van der Waals surface area contributed by atoms with Gasteiger partial charge in [0.05, 0.1) is 36.7 Å². The summed E-state index contributed by atoms with van der Waals surface area (Å²) < 4.78 is 11.7. The van der Waals surface area contributed by atoms with Gasteiger partial charge in [-0.2, -0.15) is 0 Å². The number of aromatic nitrogens is 1. The Morgan fingerprint density at radius 3 is 2.64 bits per heavy atom. The molecule has 212 valence electrons. The molecule has 1 aliphatic heterocycles. The second kappa shape index (κ2) is 13.3. The lowest BCUT2D eigenvalue weighted by molar-refractivity contribution is -0.123. The van der Waals surface area contributed by atoms with Gasteiger partial charge in [-0.3, -0.25) is 4.79 Å². The highest BCUT2D eigenvalue weighted by Gasteiger charge is 2.33. The third-order valence-electron chi connectivity index (χ3n) is 7.34. The number of para-hydroxylation sites is 1. The van der Waals surface area contributed by atoms with E-state index in [4.69, 9.17) is 15.2 Å². The van der Waals surface area contributed by atoms with Gasteiger partial charge in [0.15, 0.2) is 5.96 Å². The first-order valence-corrected chi connectivity index (χ1v) is 14.1. The minimum Gasteiger partial charge on any atom is -0.439 e. The van der Waals surface area contributed by atoms with Gasteiger partial charge in [0.25, 0.3) is 0 Å². The minimum absolute atomic E-state index is 0.0815. The fourth-order valence-corrected chi connectivity index (χ4v) is 5.33. The highest BCUT2D eigenvalue weighted by atomic mass is 16.5. The Bertz CT molecular complexity index is 1110. The van der Waals surface area contributed by atoms with Crippen LogP contribution in [0.1, 0.15) is 71.3 Å². The van der Waals surface area contributed by atoms with Crippen molar-refractivity contribution in [2.75, 3.05) is 13.2 Å². The number of nitrogens with two attached hydrogens (primary N) is 1. The van der Waals surface area contributed by atoms with Crippen LogP contribution in [0.4, 0.5) is 5.69 Å². The van der Waals surface area contributed by atoms with Gasteiger partial charge < -0.3 is 30.5 Å². The molecule has 39 heavy (non-hydrogen) atoms. The number of fused-ring (bicyclic) bond motifs is 1. The van der Waals surface area contributed by atoms with E-state index in [2.05, 4.69) is 20.2 Å². The lowest BCUT2D eigenvalue weighted by Gasteiger charge is -2.41. The first kappa shape index (κ1) is 28.8. The Kier molecular flexibility index (Phi) is 9.80. The fourth-order valence-electron chi connectivity index (χ4n) is 5.33. The number of carbonyl (C=O) groups excluding carboxylic acids is 1. The first-order chi connectivity index (χ1) is 18.7. The van der Waals surface area contributed by atoms with E-state index in [1.165, 1.54) is 19.3 Å². The Morgan fingerprint density at radius 1 is 1.21 bits per heavy atom. The molecular weight excluding hydrogens is 494 g/mol. The topological polar surface area (TPSA) is 122 Å². The van der Waals surface area contributed by atoms with Crippen LogP contribution in [0, 0.1) is 5.92 Å². The van der Waals surface area contributed by atoms with Crippen LogP contribution in [-0.4, -0.2) is 57.8 Å². The number of carbonyl (C=O) groups is 1. The number of guanidine groups is 1. The van der Waals surface area contributed by atoms with E-state index in [0.717, 1.165) is 29.8 Å². The van der Waals surface area contributed by atoms with Crippen molar-refractivity contribution in [3.63, 3.8) is 0 Å². The summed E-state index contributed by atoms with van der Waals surface area (Å²) in [6.45, 7) is 6.54. The summed E-state index contributed by atoms with van der Waals surface area (Å²) in [5.74, 6) is 2.03. The quantitative estimate of drug-likeness (QED) is 0.381. The molecule has 0 unspecified atom stereocenters. The van der Waals surface area contributed by atoms with E-state index in [-0.39, 0.29) is 30.8 Å². The van der Waals surface area contributed by atoms with Crippen LogP contribution in [-0.2, 0) is 16.1 Å². The van der Waals surface area contributed by atoms with E-state index < -0.39 is 6.04 Å². The van der Waals surface area contributed by atoms with Crippen molar-refractivity contribution in [1.82, 2.24) is 15.2 Å². The predicted molar refractivity (Wildman–Crippen MR) is 152 cm³/mol. The van der Waals surface area contributed by atoms with Gasteiger partial charge in [-0.1, -0.05) is 37.5 Å². The monoisotopic (exact) mass is 537 g/mol. The zero-order valence-electron chi connectivity index (χ0n) is 23.4. The molecule has 4 N–H and O–H groups in total. The molecule has 9 heteroatoms. The Morgan fingerprint density at radius 2 is 1.95 bits per heavy atom. The molecule has 0 spiro atoms. The summed E-state index contributed by atoms with van der Waals surface area (Å²) in [6, 6.07) is 11.1. The number of nitrogens with zero attached hydrogens (tertiary/aromatic N) is 3. The van der Waals surface area contributed by atoms with Crippen molar-refractivity contribution in [2.45, 2.75) is 89.9 Å². The number of aliphatic hydroxyl groups excluding tert-OH is 1. The molecule has 2 aromatic rings. The van der Waals surface area contributed by atoms with Gasteiger partial charge >= 0.3 is 0 Å². The van der Waals surface area contributed by atoms with E-state index in [1.807, 2.05) is 57.2 Å². The third-order valence-corrected chi connectivity index (χ3v) is 7.34. The largest absolute Gasteiger partial charge is 0.439 e. The van der Waals surface area contributed by atoms with Gasteiger partial charge in [0.1, 0.15) is 5.75 Å². The van der Waals surface area contributed by atoms with Crippen LogP contribution in [0.3, 0.4) is 0 Å². The smallest absolute Gasteiger partial charge is 0.220 e. The molecule has 9 nitrogen and oxygen atoms in total. The number of ether oxygens (including phenoxy) is 2. The standard InChI is InChI=1S/C30H43N5O4/c1-30(2,3)38-20-23(19-36)33-27(37)15-14-26(21-10-6-4-7-11-21)35-18-22-16-28(32-17-25(22)34-29(35)31)39-24-12-8-5-9-13-24/h5,8-9,12-13,16-17,21,23,26,36H,4,6-7,10-11,14-15,18-20H2,1-3H3,(H2,31,34)(H,33,37)/t23-,26-/m0/s1. The second-order valence-corrected chi connectivity index (χ2v) is 11.5. The van der Waals surface area contributed by atoms with Crippen LogP contribution in [0.25, 0.3) is 0 Å². The number of hydrogen-bond acceptors (Lipinski definition) is 8. The summed E-state index contributed by atoms with van der Waals surface area (Å²) in [5, 5.41) is 12.7. The van der Waals surface area contributed by atoms with Crippen LogP contribution < -0.4 is 15.8 Å². The van der Waals surface area contributed by atoms with Crippen molar-refractivity contribution >= 4 is 17.6 Å². The highest BCUT2D eigenvalue weighted by Crippen LogP contribution is 2.36. The second-order valence-electron chi connectivity index (χ2n) is 11.5. The SMILES string of the molecule is CC(C)(C)OC[C@H](CO)NC(=O)CC[C@@H](C1CCCCC1)N1Cc2cc(Oc3ccccc3)ncc2N=C1N. The normalized spacial score (nSPS) is 17.6. The molecule has 1 saturated carbocycles. The number of pyridine rings is 1. The number of amides is 1. The van der Waals surface area contributed by atoms with Gasteiger partial charge in [0.2, 0.25) is 11.8 Å². The summed E-state index contributed by atoms with van der Waals surface area (Å²) in [6.07, 6.45) is 8.53. The third kappa shape index (κ3) is 8.41.